The number of hydrogen-bond acceptors (Lipinski definition) is 3. The zero-order valence-corrected chi connectivity index (χ0v) is 14.5. The van der Waals surface area contributed by atoms with Crippen molar-refractivity contribution in [1.82, 2.24) is 9.88 Å². The normalized spacial score (nSPS) is 24.6. The molecule has 1 aromatic heterocycles. The van der Waals surface area contributed by atoms with Gasteiger partial charge in [0.2, 0.25) is 0 Å². The van der Waals surface area contributed by atoms with Crippen LogP contribution in [0.15, 0.2) is 42.5 Å². The van der Waals surface area contributed by atoms with E-state index in [4.69, 9.17) is 4.74 Å². The maximum atomic E-state index is 13.3. The number of alkyl halides is 3. The summed E-state index contributed by atoms with van der Waals surface area (Å²) in [5, 5.41) is 0. The lowest BCUT2D eigenvalue weighted by Crippen LogP contribution is -2.35. The molecule has 138 valence electrons. The minimum absolute atomic E-state index is 0.00288. The molecular weight excluding hydrogens is 341 g/mol. The molecule has 2 fully saturated rings. The highest BCUT2D eigenvalue weighted by molar-refractivity contribution is 5.64. The molecule has 26 heavy (non-hydrogen) atoms. The monoisotopic (exact) mass is 362 g/mol. The highest BCUT2D eigenvalue weighted by atomic mass is 19.4. The molecule has 2 aliphatic rings. The Morgan fingerprint density at radius 3 is 2.50 bits per heavy atom. The number of nitrogens with zero attached hydrogens (tertiary/aromatic N) is 2. The SMILES string of the molecule is CC1CCN(C2OC2c2cccc(-c3ccccc3C(F)(F)F)n2)CC1. The van der Waals surface area contributed by atoms with Gasteiger partial charge in [0, 0.05) is 18.7 Å². The second-order valence-electron chi connectivity index (χ2n) is 7.16. The third-order valence-electron chi connectivity index (χ3n) is 5.22. The summed E-state index contributed by atoms with van der Waals surface area (Å²) in [7, 11) is 0. The van der Waals surface area contributed by atoms with E-state index in [1.807, 2.05) is 6.07 Å². The Balaban J connectivity index is 1.56. The standard InChI is InChI=1S/C20H21F3N2O/c1-13-9-11-25(12-10-13)19-18(26-19)17-8-4-7-16(24-17)14-5-2-3-6-15(14)20(21,22)23/h2-8,13,18-19H,9-12H2,1H3. The number of epoxide rings is 1. The number of ether oxygens (including phenoxy) is 1. The van der Waals surface area contributed by atoms with Crippen molar-refractivity contribution in [2.45, 2.75) is 38.3 Å². The Morgan fingerprint density at radius 1 is 1.04 bits per heavy atom. The first kappa shape index (κ1) is 17.5. The number of pyridine rings is 1. The fourth-order valence-corrected chi connectivity index (χ4v) is 3.59. The molecule has 0 amide bonds. The van der Waals surface area contributed by atoms with Gasteiger partial charge >= 0.3 is 6.18 Å². The molecule has 0 radical (unpaired) electrons. The molecule has 3 heterocycles. The van der Waals surface area contributed by atoms with Crippen molar-refractivity contribution in [3.63, 3.8) is 0 Å². The van der Waals surface area contributed by atoms with Gasteiger partial charge in [0.25, 0.3) is 0 Å². The number of halogens is 3. The molecule has 2 aromatic rings. The summed E-state index contributed by atoms with van der Waals surface area (Å²) in [6.07, 6.45) is -2.25. The predicted molar refractivity (Wildman–Crippen MR) is 92.3 cm³/mol. The van der Waals surface area contributed by atoms with E-state index in [0.29, 0.717) is 11.4 Å². The van der Waals surface area contributed by atoms with Gasteiger partial charge in [0.05, 0.1) is 17.0 Å². The molecule has 0 bridgehead atoms. The van der Waals surface area contributed by atoms with Gasteiger partial charge in [0.15, 0.2) is 0 Å². The van der Waals surface area contributed by atoms with Crippen LogP contribution in [0.1, 0.15) is 37.1 Å². The van der Waals surface area contributed by atoms with E-state index < -0.39 is 11.7 Å². The number of benzene rings is 1. The maximum Gasteiger partial charge on any atom is 0.417 e. The molecular formula is C20H21F3N2O. The van der Waals surface area contributed by atoms with E-state index in [1.54, 1.807) is 18.2 Å². The van der Waals surface area contributed by atoms with Crippen molar-refractivity contribution in [2.24, 2.45) is 5.92 Å². The van der Waals surface area contributed by atoms with Crippen LogP contribution in [0.2, 0.25) is 0 Å². The summed E-state index contributed by atoms with van der Waals surface area (Å²) in [6.45, 7) is 4.25. The zero-order chi connectivity index (χ0) is 18.3. The number of hydrogen-bond donors (Lipinski definition) is 0. The molecule has 3 nitrogen and oxygen atoms in total. The summed E-state index contributed by atoms with van der Waals surface area (Å²) < 4.78 is 45.7. The number of likely N-dealkylation sites (tertiary alicyclic amines) is 1. The van der Waals surface area contributed by atoms with Gasteiger partial charge in [-0.2, -0.15) is 13.2 Å². The molecule has 2 atom stereocenters. The second-order valence-corrected chi connectivity index (χ2v) is 7.16. The van der Waals surface area contributed by atoms with Gasteiger partial charge in [0.1, 0.15) is 12.3 Å². The molecule has 2 unspecified atom stereocenters. The average Bonchev–Trinajstić information content (AvgIpc) is 3.43. The number of aromatic nitrogens is 1. The topological polar surface area (TPSA) is 28.7 Å². The van der Waals surface area contributed by atoms with E-state index in [2.05, 4.69) is 16.8 Å². The lowest BCUT2D eigenvalue weighted by Gasteiger charge is -2.28. The minimum atomic E-state index is -4.41. The van der Waals surface area contributed by atoms with Crippen LogP contribution in [-0.2, 0) is 10.9 Å². The Hall–Kier alpha value is -1.92. The van der Waals surface area contributed by atoms with E-state index in [9.17, 15) is 13.2 Å². The third kappa shape index (κ3) is 3.48. The van der Waals surface area contributed by atoms with Crippen LogP contribution >= 0.6 is 0 Å². The van der Waals surface area contributed by atoms with E-state index >= 15 is 0 Å². The predicted octanol–water partition coefficient (Wildman–Crippen LogP) is 4.90. The largest absolute Gasteiger partial charge is 0.417 e. The number of rotatable bonds is 3. The third-order valence-corrected chi connectivity index (χ3v) is 5.22. The van der Waals surface area contributed by atoms with Crippen molar-refractivity contribution < 1.29 is 17.9 Å². The van der Waals surface area contributed by atoms with Gasteiger partial charge in [-0.25, -0.2) is 4.98 Å². The van der Waals surface area contributed by atoms with Crippen molar-refractivity contribution in [3.8, 4) is 11.3 Å². The van der Waals surface area contributed by atoms with E-state index in [0.717, 1.165) is 37.9 Å². The fourth-order valence-electron chi connectivity index (χ4n) is 3.59. The second kappa shape index (κ2) is 6.67. The summed E-state index contributed by atoms with van der Waals surface area (Å²) >= 11 is 0. The minimum Gasteiger partial charge on any atom is -0.346 e. The van der Waals surface area contributed by atoms with Gasteiger partial charge in [-0.15, -0.1) is 0 Å². The first-order valence-electron chi connectivity index (χ1n) is 8.96. The first-order chi connectivity index (χ1) is 12.4. The van der Waals surface area contributed by atoms with Crippen LogP contribution in [0.25, 0.3) is 11.3 Å². The Kier molecular flexibility index (Phi) is 4.49. The number of piperidine rings is 1. The molecule has 0 saturated carbocycles. The van der Waals surface area contributed by atoms with Crippen LogP contribution in [0.4, 0.5) is 13.2 Å². The Labute approximate surface area is 150 Å². The van der Waals surface area contributed by atoms with Crippen LogP contribution in [0, 0.1) is 5.92 Å². The Morgan fingerprint density at radius 2 is 1.77 bits per heavy atom. The van der Waals surface area contributed by atoms with Gasteiger partial charge in [-0.3, -0.25) is 4.90 Å². The summed E-state index contributed by atoms with van der Waals surface area (Å²) in [5.41, 5.74) is 0.467. The lowest BCUT2D eigenvalue weighted by atomic mass is 9.99. The van der Waals surface area contributed by atoms with Gasteiger partial charge < -0.3 is 4.74 Å². The van der Waals surface area contributed by atoms with Crippen molar-refractivity contribution in [1.29, 1.82) is 0 Å². The summed E-state index contributed by atoms with van der Waals surface area (Å²) in [4.78, 5) is 6.80. The van der Waals surface area contributed by atoms with Crippen molar-refractivity contribution >= 4 is 0 Å². The van der Waals surface area contributed by atoms with Crippen LogP contribution in [0.5, 0.6) is 0 Å². The molecule has 0 spiro atoms. The zero-order valence-electron chi connectivity index (χ0n) is 14.5. The lowest BCUT2D eigenvalue weighted by molar-refractivity contribution is -0.137. The van der Waals surface area contributed by atoms with Crippen molar-refractivity contribution in [2.75, 3.05) is 13.1 Å². The molecule has 2 aliphatic heterocycles. The first-order valence-corrected chi connectivity index (χ1v) is 8.96. The van der Waals surface area contributed by atoms with E-state index in [1.165, 1.54) is 12.1 Å². The van der Waals surface area contributed by atoms with Crippen LogP contribution in [-0.4, -0.2) is 29.2 Å². The van der Waals surface area contributed by atoms with Gasteiger partial charge in [-0.1, -0.05) is 31.2 Å². The Bertz CT molecular complexity index is 785. The summed E-state index contributed by atoms with van der Waals surface area (Å²) in [6, 6.07) is 10.8. The van der Waals surface area contributed by atoms with Crippen LogP contribution in [0.3, 0.4) is 0 Å². The van der Waals surface area contributed by atoms with Crippen molar-refractivity contribution in [3.05, 3.63) is 53.7 Å². The van der Waals surface area contributed by atoms with Gasteiger partial charge in [-0.05, 0) is 37.0 Å². The quantitative estimate of drug-likeness (QED) is 0.728. The van der Waals surface area contributed by atoms with E-state index in [-0.39, 0.29) is 17.9 Å². The molecule has 2 saturated heterocycles. The molecule has 0 N–H and O–H groups in total. The highest BCUT2D eigenvalue weighted by Gasteiger charge is 2.46. The molecule has 1 aromatic carbocycles. The molecule has 4 rings (SSSR count). The average molecular weight is 362 g/mol. The summed E-state index contributed by atoms with van der Waals surface area (Å²) in [5.74, 6) is 0.740. The maximum absolute atomic E-state index is 13.3. The smallest absolute Gasteiger partial charge is 0.346 e. The molecule has 0 aliphatic carbocycles. The molecule has 6 heteroatoms. The van der Waals surface area contributed by atoms with Crippen LogP contribution < -0.4 is 0 Å². The highest BCUT2D eigenvalue weighted by Crippen LogP contribution is 2.42. The fraction of sp³-hybridized carbons (Fsp3) is 0.450.